The first-order valence-electron chi connectivity index (χ1n) is 5.99. The highest BCUT2D eigenvalue weighted by Gasteiger charge is 2.13. The average Bonchev–Trinajstić information content (AvgIpc) is 2.85. The van der Waals surface area contributed by atoms with Crippen molar-refractivity contribution < 1.29 is 4.92 Å². The largest absolute Gasteiger partial charge is 0.380 e. The summed E-state index contributed by atoms with van der Waals surface area (Å²) in [4.78, 5) is 12.2. The van der Waals surface area contributed by atoms with Crippen molar-refractivity contribution in [2.75, 3.05) is 5.32 Å². The lowest BCUT2D eigenvalue weighted by molar-refractivity contribution is -0.385. The number of hydrogen-bond donors (Lipinski definition) is 1. The summed E-state index contributed by atoms with van der Waals surface area (Å²) in [5.74, 6) is 0. The molecule has 0 bridgehead atoms. The third-order valence-corrected chi connectivity index (χ3v) is 3.95. The van der Waals surface area contributed by atoms with E-state index in [1.165, 1.54) is 11.3 Å². The van der Waals surface area contributed by atoms with Gasteiger partial charge in [0.1, 0.15) is 10.9 Å². The summed E-state index contributed by atoms with van der Waals surface area (Å²) in [5, 5.41) is 22.9. The molecule has 2 aromatic rings. The van der Waals surface area contributed by atoms with Gasteiger partial charge in [0, 0.05) is 28.7 Å². The quantitative estimate of drug-likeness (QED) is 0.686. The van der Waals surface area contributed by atoms with Crippen LogP contribution in [0.3, 0.4) is 0 Å². The van der Waals surface area contributed by atoms with Gasteiger partial charge in [-0.1, -0.05) is 0 Å². The Kier molecular flexibility index (Phi) is 4.01. The van der Waals surface area contributed by atoms with E-state index in [-0.39, 0.29) is 10.6 Å². The Bertz CT molecular complexity index is 701. The van der Waals surface area contributed by atoms with Crippen molar-refractivity contribution in [3.63, 3.8) is 0 Å². The molecule has 0 aliphatic rings. The molecule has 102 valence electrons. The molecular weight excluding hydrogens is 274 g/mol. The standard InChI is InChI=1S/C14H13N3O2S/c1-9-5-10(2)14(17(18)19)6-13(9)16-8-12-4-3-11(7-15)20-12/h3-6,16H,8H2,1-2H3. The Morgan fingerprint density at radius 1 is 1.35 bits per heavy atom. The molecule has 0 aliphatic carbocycles. The van der Waals surface area contributed by atoms with Gasteiger partial charge in [0.05, 0.1) is 4.92 Å². The highest BCUT2D eigenvalue weighted by molar-refractivity contribution is 7.12. The number of hydrogen-bond acceptors (Lipinski definition) is 5. The van der Waals surface area contributed by atoms with E-state index >= 15 is 0 Å². The van der Waals surface area contributed by atoms with Crippen molar-refractivity contribution in [2.24, 2.45) is 0 Å². The molecule has 1 aromatic carbocycles. The van der Waals surface area contributed by atoms with Crippen molar-refractivity contribution in [1.82, 2.24) is 0 Å². The topological polar surface area (TPSA) is 79.0 Å². The number of aryl methyl sites for hydroxylation is 2. The van der Waals surface area contributed by atoms with E-state index < -0.39 is 0 Å². The predicted molar refractivity (Wildman–Crippen MR) is 78.9 cm³/mol. The zero-order valence-corrected chi connectivity index (χ0v) is 12.0. The Labute approximate surface area is 120 Å². The number of nitrogens with one attached hydrogen (secondary N) is 1. The fraction of sp³-hybridized carbons (Fsp3) is 0.214. The smallest absolute Gasteiger partial charge is 0.274 e. The summed E-state index contributed by atoms with van der Waals surface area (Å²) in [7, 11) is 0. The summed E-state index contributed by atoms with van der Waals surface area (Å²) in [6.45, 7) is 4.19. The van der Waals surface area contributed by atoms with E-state index in [0.29, 0.717) is 17.0 Å². The highest BCUT2D eigenvalue weighted by atomic mass is 32.1. The van der Waals surface area contributed by atoms with Crippen LogP contribution in [-0.4, -0.2) is 4.92 Å². The molecule has 1 aromatic heterocycles. The summed E-state index contributed by atoms with van der Waals surface area (Å²) in [5.41, 5.74) is 2.47. The summed E-state index contributed by atoms with van der Waals surface area (Å²) >= 11 is 1.41. The molecule has 0 aliphatic heterocycles. The van der Waals surface area contributed by atoms with Crippen molar-refractivity contribution in [2.45, 2.75) is 20.4 Å². The van der Waals surface area contributed by atoms with Gasteiger partial charge in [0.2, 0.25) is 0 Å². The Hall–Kier alpha value is -2.39. The molecule has 0 saturated heterocycles. The average molecular weight is 287 g/mol. The number of benzene rings is 1. The maximum atomic E-state index is 10.9. The number of nitro benzene ring substituents is 1. The molecule has 0 unspecified atom stereocenters. The van der Waals surface area contributed by atoms with Gasteiger partial charge in [-0.25, -0.2) is 0 Å². The number of rotatable bonds is 4. The maximum Gasteiger partial charge on any atom is 0.274 e. The van der Waals surface area contributed by atoms with Crippen LogP contribution in [0.5, 0.6) is 0 Å². The van der Waals surface area contributed by atoms with Crippen LogP contribution in [0, 0.1) is 35.3 Å². The van der Waals surface area contributed by atoms with Crippen molar-refractivity contribution in [3.05, 3.63) is 55.3 Å². The van der Waals surface area contributed by atoms with Crippen molar-refractivity contribution in [3.8, 4) is 6.07 Å². The predicted octanol–water partition coefficient (Wildman–Crippen LogP) is 3.76. The van der Waals surface area contributed by atoms with Crippen LogP contribution >= 0.6 is 11.3 Å². The maximum absolute atomic E-state index is 10.9. The second-order valence-electron chi connectivity index (χ2n) is 4.44. The van der Waals surface area contributed by atoms with Gasteiger partial charge in [0.25, 0.3) is 5.69 Å². The van der Waals surface area contributed by atoms with Crippen LogP contribution in [-0.2, 0) is 6.54 Å². The van der Waals surface area contributed by atoms with Gasteiger partial charge >= 0.3 is 0 Å². The van der Waals surface area contributed by atoms with E-state index in [4.69, 9.17) is 5.26 Å². The zero-order chi connectivity index (χ0) is 14.7. The molecule has 0 radical (unpaired) electrons. The summed E-state index contributed by atoms with van der Waals surface area (Å²) < 4.78 is 0. The first kappa shape index (κ1) is 14.0. The fourth-order valence-corrected chi connectivity index (χ4v) is 2.69. The molecule has 0 saturated carbocycles. The van der Waals surface area contributed by atoms with E-state index in [2.05, 4.69) is 11.4 Å². The van der Waals surface area contributed by atoms with Crippen LogP contribution < -0.4 is 5.32 Å². The third kappa shape index (κ3) is 2.95. The second-order valence-corrected chi connectivity index (χ2v) is 5.61. The molecule has 2 rings (SSSR count). The van der Waals surface area contributed by atoms with Gasteiger partial charge in [-0.2, -0.15) is 5.26 Å². The molecule has 0 atom stereocenters. The second kappa shape index (κ2) is 5.72. The van der Waals surface area contributed by atoms with Crippen LogP contribution in [0.2, 0.25) is 0 Å². The van der Waals surface area contributed by atoms with Gasteiger partial charge in [0.15, 0.2) is 0 Å². The van der Waals surface area contributed by atoms with E-state index in [1.54, 1.807) is 25.1 Å². The van der Waals surface area contributed by atoms with Crippen LogP contribution in [0.15, 0.2) is 24.3 Å². The first-order valence-corrected chi connectivity index (χ1v) is 6.81. The Balaban J connectivity index is 2.19. The summed E-state index contributed by atoms with van der Waals surface area (Å²) in [6.07, 6.45) is 0. The van der Waals surface area contributed by atoms with Gasteiger partial charge < -0.3 is 5.32 Å². The number of anilines is 1. The minimum Gasteiger partial charge on any atom is -0.380 e. The van der Waals surface area contributed by atoms with Gasteiger partial charge in [-0.05, 0) is 37.6 Å². The number of nitro groups is 1. The summed E-state index contributed by atoms with van der Waals surface area (Å²) in [6, 6.07) is 9.10. The Morgan fingerprint density at radius 2 is 2.10 bits per heavy atom. The Morgan fingerprint density at radius 3 is 2.70 bits per heavy atom. The van der Waals surface area contributed by atoms with E-state index in [9.17, 15) is 10.1 Å². The molecule has 0 spiro atoms. The van der Waals surface area contributed by atoms with Crippen molar-refractivity contribution in [1.29, 1.82) is 5.26 Å². The monoisotopic (exact) mass is 287 g/mol. The first-order chi connectivity index (χ1) is 9.51. The fourth-order valence-electron chi connectivity index (χ4n) is 1.94. The van der Waals surface area contributed by atoms with Crippen LogP contribution in [0.25, 0.3) is 0 Å². The molecular formula is C14H13N3O2S. The SMILES string of the molecule is Cc1cc(C)c([N+](=O)[O-])cc1NCc1ccc(C#N)s1. The molecule has 1 heterocycles. The highest BCUT2D eigenvalue weighted by Crippen LogP contribution is 2.27. The normalized spacial score (nSPS) is 10.1. The lowest BCUT2D eigenvalue weighted by atomic mass is 10.1. The lowest BCUT2D eigenvalue weighted by Gasteiger charge is -2.09. The van der Waals surface area contributed by atoms with E-state index in [0.717, 1.165) is 16.1 Å². The minimum absolute atomic E-state index is 0.113. The molecule has 6 heteroatoms. The zero-order valence-electron chi connectivity index (χ0n) is 11.1. The van der Waals surface area contributed by atoms with Gasteiger partial charge in [-0.15, -0.1) is 11.3 Å². The van der Waals surface area contributed by atoms with E-state index in [1.807, 2.05) is 13.0 Å². The lowest BCUT2D eigenvalue weighted by Crippen LogP contribution is -2.01. The number of nitriles is 1. The number of nitrogens with zero attached hydrogens (tertiary/aromatic N) is 2. The molecule has 0 amide bonds. The molecule has 5 nitrogen and oxygen atoms in total. The molecule has 1 N–H and O–H groups in total. The third-order valence-electron chi connectivity index (χ3n) is 2.96. The van der Waals surface area contributed by atoms with Crippen LogP contribution in [0.4, 0.5) is 11.4 Å². The van der Waals surface area contributed by atoms with Crippen LogP contribution in [0.1, 0.15) is 20.9 Å². The number of thiophene rings is 1. The molecule has 20 heavy (non-hydrogen) atoms. The van der Waals surface area contributed by atoms with Gasteiger partial charge in [-0.3, -0.25) is 10.1 Å². The van der Waals surface area contributed by atoms with Crippen molar-refractivity contribution >= 4 is 22.7 Å². The molecule has 0 fully saturated rings. The minimum atomic E-state index is -0.376.